The van der Waals surface area contributed by atoms with Gasteiger partial charge in [-0.3, -0.25) is 9.59 Å². The standard InChI is InChI=1S/C16H19FN2O4/c1-3-18-16(22)11(2)19-14(20)10-23-15(21)9-8-12-6-4-5-7-13(12)17/h4-9,11H,3,10H2,1-2H3,(H,18,22)(H,19,20)/b9-8+/t11-/m1/s1. The van der Waals surface area contributed by atoms with Crippen molar-refractivity contribution in [1.82, 2.24) is 10.6 Å². The molecule has 0 heterocycles. The molecule has 1 aromatic rings. The van der Waals surface area contributed by atoms with E-state index in [1.807, 2.05) is 0 Å². The van der Waals surface area contributed by atoms with E-state index >= 15 is 0 Å². The van der Waals surface area contributed by atoms with E-state index in [4.69, 9.17) is 4.74 Å². The fourth-order valence-corrected chi connectivity index (χ4v) is 1.63. The second kappa shape index (κ2) is 9.34. The first-order valence-corrected chi connectivity index (χ1v) is 7.10. The predicted molar refractivity (Wildman–Crippen MR) is 82.7 cm³/mol. The molecule has 2 amide bonds. The van der Waals surface area contributed by atoms with Crippen molar-refractivity contribution in [2.24, 2.45) is 0 Å². The smallest absolute Gasteiger partial charge is 0.331 e. The van der Waals surface area contributed by atoms with Crippen molar-refractivity contribution in [3.8, 4) is 0 Å². The van der Waals surface area contributed by atoms with E-state index in [2.05, 4.69) is 10.6 Å². The van der Waals surface area contributed by atoms with Crippen molar-refractivity contribution in [3.63, 3.8) is 0 Å². The summed E-state index contributed by atoms with van der Waals surface area (Å²) in [4.78, 5) is 34.4. The fourth-order valence-electron chi connectivity index (χ4n) is 1.63. The van der Waals surface area contributed by atoms with Crippen LogP contribution in [-0.4, -0.2) is 37.0 Å². The van der Waals surface area contributed by atoms with Crippen molar-refractivity contribution >= 4 is 23.9 Å². The average molecular weight is 322 g/mol. The molecule has 0 bridgehead atoms. The lowest BCUT2D eigenvalue weighted by Crippen LogP contribution is -2.46. The molecular formula is C16H19FN2O4. The van der Waals surface area contributed by atoms with Gasteiger partial charge in [0.25, 0.3) is 5.91 Å². The molecule has 1 rings (SSSR count). The molecule has 2 N–H and O–H groups in total. The molecule has 1 atom stereocenters. The summed E-state index contributed by atoms with van der Waals surface area (Å²) in [7, 11) is 0. The molecule has 0 saturated heterocycles. The maximum atomic E-state index is 13.3. The molecule has 0 fully saturated rings. The molecule has 7 heteroatoms. The zero-order valence-corrected chi connectivity index (χ0v) is 13.0. The molecule has 0 aliphatic rings. The minimum atomic E-state index is -0.783. The summed E-state index contributed by atoms with van der Waals surface area (Å²) in [6.07, 6.45) is 2.28. The molecule has 0 aliphatic heterocycles. The van der Waals surface area contributed by atoms with E-state index in [9.17, 15) is 18.8 Å². The number of carbonyl (C=O) groups is 3. The summed E-state index contributed by atoms with van der Waals surface area (Å²) >= 11 is 0. The highest BCUT2D eigenvalue weighted by molar-refractivity contribution is 5.91. The van der Waals surface area contributed by atoms with Crippen LogP contribution in [0.25, 0.3) is 6.08 Å². The van der Waals surface area contributed by atoms with Crippen molar-refractivity contribution < 1.29 is 23.5 Å². The Balaban J connectivity index is 2.40. The lowest BCUT2D eigenvalue weighted by molar-refractivity contribution is -0.144. The average Bonchev–Trinajstić information content (AvgIpc) is 2.52. The van der Waals surface area contributed by atoms with Gasteiger partial charge in [0.15, 0.2) is 6.61 Å². The van der Waals surface area contributed by atoms with Gasteiger partial charge in [-0.25, -0.2) is 9.18 Å². The molecule has 0 saturated carbocycles. The Kier molecular flexibility index (Phi) is 7.45. The van der Waals surface area contributed by atoms with Crippen LogP contribution in [0.3, 0.4) is 0 Å². The first kappa shape index (κ1) is 18.3. The zero-order chi connectivity index (χ0) is 17.2. The van der Waals surface area contributed by atoms with E-state index in [0.717, 1.165) is 6.08 Å². The van der Waals surface area contributed by atoms with Crippen LogP contribution in [0, 0.1) is 5.82 Å². The first-order chi connectivity index (χ1) is 10.9. The van der Waals surface area contributed by atoms with Gasteiger partial charge in [0.2, 0.25) is 5.91 Å². The van der Waals surface area contributed by atoms with Crippen molar-refractivity contribution in [3.05, 3.63) is 41.7 Å². The van der Waals surface area contributed by atoms with Crippen LogP contribution in [0.1, 0.15) is 19.4 Å². The fraction of sp³-hybridized carbons (Fsp3) is 0.312. The van der Waals surface area contributed by atoms with Crippen LogP contribution in [0.15, 0.2) is 30.3 Å². The SMILES string of the molecule is CCNC(=O)[C@@H](C)NC(=O)COC(=O)/C=C/c1ccccc1F. The quantitative estimate of drug-likeness (QED) is 0.580. The predicted octanol–water partition coefficient (Wildman–Crippen LogP) is 1.02. The number of esters is 1. The Bertz CT molecular complexity index is 601. The number of halogens is 1. The largest absolute Gasteiger partial charge is 0.452 e. The number of amides is 2. The molecule has 0 aliphatic carbocycles. The van der Waals surface area contributed by atoms with Crippen LogP contribution < -0.4 is 10.6 Å². The van der Waals surface area contributed by atoms with E-state index in [0.29, 0.717) is 6.54 Å². The van der Waals surface area contributed by atoms with E-state index in [1.165, 1.54) is 31.2 Å². The number of ether oxygens (including phenoxy) is 1. The number of nitrogens with one attached hydrogen (secondary N) is 2. The van der Waals surface area contributed by atoms with E-state index < -0.39 is 30.3 Å². The van der Waals surface area contributed by atoms with Crippen LogP contribution in [0.2, 0.25) is 0 Å². The summed E-state index contributed by atoms with van der Waals surface area (Å²) in [5.41, 5.74) is 0.235. The van der Waals surface area contributed by atoms with Gasteiger partial charge < -0.3 is 15.4 Å². The van der Waals surface area contributed by atoms with Crippen LogP contribution in [-0.2, 0) is 19.1 Å². The third-order valence-electron chi connectivity index (χ3n) is 2.77. The Hall–Kier alpha value is -2.70. The molecule has 0 aromatic heterocycles. The van der Waals surface area contributed by atoms with Gasteiger partial charge in [0.1, 0.15) is 11.9 Å². The highest BCUT2D eigenvalue weighted by Gasteiger charge is 2.15. The highest BCUT2D eigenvalue weighted by Crippen LogP contribution is 2.08. The third kappa shape index (κ3) is 6.73. The number of rotatable bonds is 7. The first-order valence-electron chi connectivity index (χ1n) is 7.10. The van der Waals surface area contributed by atoms with Gasteiger partial charge in [-0.05, 0) is 26.0 Å². The number of hydrogen-bond donors (Lipinski definition) is 2. The Morgan fingerprint density at radius 3 is 2.65 bits per heavy atom. The monoisotopic (exact) mass is 322 g/mol. The van der Waals surface area contributed by atoms with Gasteiger partial charge in [0.05, 0.1) is 0 Å². The normalized spacial score (nSPS) is 11.8. The molecule has 0 radical (unpaired) electrons. The van der Waals surface area contributed by atoms with Crippen molar-refractivity contribution in [2.75, 3.05) is 13.2 Å². The summed E-state index contributed by atoms with van der Waals surface area (Å²) in [5.74, 6) is -2.18. The molecule has 124 valence electrons. The van der Waals surface area contributed by atoms with E-state index in [-0.39, 0.29) is 11.5 Å². The Morgan fingerprint density at radius 1 is 1.30 bits per heavy atom. The lowest BCUT2D eigenvalue weighted by Gasteiger charge is -2.12. The molecule has 0 unspecified atom stereocenters. The Labute approximate surface area is 133 Å². The van der Waals surface area contributed by atoms with Gasteiger partial charge in [-0.1, -0.05) is 18.2 Å². The van der Waals surface area contributed by atoms with Gasteiger partial charge in [0, 0.05) is 18.2 Å². The minimum absolute atomic E-state index is 0.235. The van der Waals surface area contributed by atoms with Crippen LogP contribution in [0.4, 0.5) is 4.39 Å². The third-order valence-corrected chi connectivity index (χ3v) is 2.77. The maximum absolute atomic E-state index is 13.3. The molecule has 23 heavy (non-hydrogen) atoms. The number of carbonyl (C=O) groups excluding carboxylic acids is 3. The summed E-state index contributed by atoms with van der Waals surface area (Å²) in [6, 6.07) is 5.20. The maximum Gasteiger partial charge on any atom is 0.331 e. The van der Waals surface area contributed by atoms with Crippen LogP contribution in [0.5, 0.6) is 0 Å². The summed E-state index contributed by atoms with van der Waals surface area (Å²) < 4.78 is 18.0. The summed E-state index contributed by atoms with van der Waals surface area (Å²) in [6.45, 7) is 3.21. The minimum Gasteiger partial charge on any atom is -0.452 e. The van der Waals surface area contributed by atoms with Gasteiger partial charge >= 0.3 is 5.97 Å². The number of hydrogen-bond acceptors (Lipinski definition) is 4. The highest BCUT2D eigenvalue weighted by atomic mass is 19.1. The van der Waals surface area contributed by atoms with Crippen LogP contribution >= 0.6 is 0 Å². The molecule has 1 aromatic carbocycles. The molecule has 0 spiro atoms. The molecular weight excluding hydrogens is 303 g/mol. The summed E-state index contributed by atoms with van der Waals surface area (Å²) in [5, 5.41) is 4.94. The second-order valence-electron chi connectivity index (χ2n) is 4.65. The second-order valence-corrected chi connectivity index (χ2v) is 4.65. The molecule has 6 nitrogen and oxygen atoms in total. The van der Waals surface area contributed by atoms with Gasteiger partial charge in [-0.2, -0.15) is 0 Å². The lowest BCUT2D eigenvalue weighted by atomic mass is 10.2. The Morgan fingerprint density at radius 2 is 2.00 bits per heavy atom. The van der Waals surface area contributed by atoms with E-state index in [1.54, 1.807) is 13.0 Å². The van der Waals surface area contributed by atoms with Crippen molar-refractivity contribution in [2.45, 2.75) is 19.9 Å². The number of benzene rings is 1. The van der Waals surface area contributed by atoms with Gasteiger partial charge in [-0.15, -0.1) is 0 Å². The zero-order valence-electron chi connectivity index (χ0n) is 13.0. The van der Waals surface area contributed by atoms with Crippen molar-refractivity contribution in [1.29, 1.82) is 0 Å². The topological polar surface area (TPSA) is 84.5 Å². The number of likely N-dealkylation sites (N-methyl/N-ethyl adjacent to an activating group) is 1.